The summed E-state index contributed by atoms with van der Waals surface area (Å²) in [5.41, 5.74) is 0.228. The molecular formula is C10H13N3O4. The average molecular weight is 239 g/mol. The monoisotopic (exact) mass is 239 g/mol. The summed E-state index contributed by atoms with van der Waals surface area (Å²) < 4.78 is 0. The second-order valence-corrected chi connectivity index (χ2v) is 3.33. The highest BCUT2D eigenvalue weighted by Gasteiger charge is 2.17. The molecule has 1 aromatic rings. The molecule has 0 saturated heterocycles. The molecule has 3 N–H and O–H groups in total. The van der Waals surface area contributed by atoms with Crippen LogP contribution in [0.15, 0.2) is 24.3 Å². The molecule has 0 saturated carbocycles. The first kappa shape index (κ1) is 12.9. The van der Waals surface area contributed by atoms with Gasteiger partial charge in [0.25, 0.3) is 5.69 Å². The summed E-state index contributed by atoms with van der Waals surface area (Å²) in [6.45, 7) is 0.0662. The van der Waals surface area contributed by atoms with E-state index in [-0.39, 0.29) is 12.2 Å². The van der Waals surface area contributed by atoms with Gasteiger partial charge < -0.3 is 15.7 Å². The Morgan fingerprint density at radius 2 is 2.18 bits per heavy atom. The van der Waals surface area contributed by atoms with Gasteiger partial charge in [-0.25, -0.2) is 0 Å². The van der Waals surface area contributed by atoms with Gasteiger partial charge in [-0.3, -0.25) is 14.9 Å². The Bertz CT molecular complexity index is 422. The van der Waals surface area contributed by atoms with E-state index in [0.717, 1.165) is 0 Å². The Kier molecular flexibility index (Phi) is 4.41. The number of hydrogen-bond donors (Lipinski definition) is 3. The predicted molar refractivity (Wildman–Crippen MR) is 62.1 cm³/mol. The highest BCUT2D eigenvalue weighted by atomic mass is 16.6. The number of likely N-dealkylation sites (N-methyl/N-ethyl adjacent to an activating group) is 1. The summed E-state index contributed by atoms with van der Waals surface area (Å²) in [6, 6.07) is 5.29. The van der Waals surface area contributed by atoms with E-state index in [0.29, 0.717) is 5.69 Å². The van der Waals surface area contributed by atoms with Gasteiger partial charge in [0.15, 0.2) is 0 Å². The molecule has 0 fully saturated rings. The van der Waals surface area contributed by atoms with Crippen molar-refractivity contribution in [2.45, 2.75) is 6.04 Å². The maximum Gasteiger partial charge on any atom is 0.322 e. The standard InChI is InChI=1S/C10H13N3O4/c1-11-8(10(14)15)6-12-7-4-2-3-5-9(7)13(16)17/h2-5,8,11-12H,6H2,1H3,(H,14,15)/t8-/m0/s1. The van der Waals surface area contributed by atoms with Crippen LogP contribution in [0.25, 0.3) is 0 Å². The van der Waals surface area contributed by atoms with Gasteiger partial charge in [-0.15, -0.1) is 0 Å². The van der Waals surface area contributed by atoms with Gasteiger partial charge in [0.05, 0.1) is 4.92 Å². The molecule has 0 amide bonds. The minimum absolute atomic E-state index is 0.0662. The third-order valence-electron chi connectivity index (χ3n) is 2.24. The minimum Gasteiger partial charge on any atom is -0.480 e. The molecule has 0 aliphatic heterocycles. The van der Waals surface area contributed by atoms with Crippen molar-refractivity contribution in [2.75, 3.05) is 18.9 Å². The summed E-state index contributed by atoms with van der Waals surface area (Å²) in [7, 11) is 1.51. The second kappa shape index (κ2) is 5.80. The van der Waals surface area contributed by atoms with Crippen molar-refractivity contribution in [3.63, 3.8) is 0 Å². The first-order valence-corrected chi connectivity index (χ1v) is 4.93. The fraction of sp³-hybridized carbons (Fsp3) is 0.300. The van der Waals surface area contributed by atoms with Crippen molar-refractivity contribution in [1.29, 1.82) is 0 Å². The lowest BCUT2D eigenvalue weighted by molar-refractivity contribution is -0.384. The molecule has 0 aliphatic rings. The first-order chi connectivity index (χ1) is 8.06. The first-order valence-electron chi connectivity index (χ1n) is 4.93. The highest BCUT2D eigenvalue weighted by molar-refractivity contribution is 5.74. The van der Waals surface area contributed by atoms with E-state index in [1.165, 1.54) is 19.2 Å². The number of nitro groups is 1. The number of nitrogens with one attached hydrogen (secondary N) is 2. The molecule has 0 heterocycles. The smallest absolute Gasteiger partial charge is 0.322 e. The number of nitro benzene ring substituents is 1. The quantitative estimate of drug-likeness (QED) is 0.498. The van der Waals surface area contributed by atoms with Gasteiger partial charge in [0, 0.05) is 12.6 Å². The van der Waals surface area contributed by atoms with Gasteiger partial charge >= 0.3 is 5.97 Å². The summed E-state index contributed by atoms with van der Waals surface area (Å²) in [6.07, 6.45) is 0. The van der Waals surface area contributed by atoms with Gasteiger partial charge in [-0.05, 0) is 13.1 Å². The van der Waals surface area contributed by atoms with Gasteiger partial charge in [-0.2, -0.15) is 0 Å². The van der Waals surface area contributed by atoms with Crippen molar-refractivity contribution < 1.29 is 14.8 Å². The van der Waals surface area contributed by atoms with E-state index >= 15 is 0 Å². The van der Waals surface area contributed by atoms with Crippen LogP contribution in [-0.2, 0) is 4.79 Å². The molecule has 0 spiro atoms. The number of rotatable bonds is 6. The van der Waals surface area contributed by atoms with Crippen LogP contribution in [0.5, 0.6) is 0 Å². The molecule has 7 heteroatoms. The Hall–Kier alpha value is -2.15. The van der Waals surface area contributed by atoms with E-state index in [1.807, 2.05) is 0 Å². The number of anilines is 1. The highest BCUT2D eigenvalue weighted by Crippen LogP contribution is 2.22. The topological polar surface area (TPSA) is 105 Å². The molecule has 0 unspecified atom stereocenters. The zero-order valence-corrected chi connectivity index (χ0v) is 9.21. The molecule has 17 heavy (non-hydrogen) atoms. The SMILES string of the molecule is CN[C@@H](CNc1ccccc1[N+](=O)[O-])C(=O)O. The molecule has 1 aromatic carbocycles. The minimum atomic E-state index is -1.02. The lowest BCUT2D eigenvalue weighted by atomic mass is 10.2. The summed E-state index contributed by atoms with van der Waals surface area (Å²) in [5, 5.41) is 24.8. The maximum absolute atomic E-state index is 10.7. The second-order valence-electron chi connectivity index (χ2n) is 3.33. The molecule has 0 aromatic heterocycles. The van der Waals surface area contributed by atoms with Gasteiger partial charge in [-0.1, -0.05) is 12.1 Å². The molecule has 0 bridgehead atoms. The van der Waals surface area contributed by atoms with Crippen molar-refractivity contribution in [2.24, 2.45) is 0 Å². The number of carboxylic acids is 1. The van der Waals surface area contributed by atoms with E-state index in [4.69, 9.17) is 5.11 Å². The summed E-state index contributed by atoms with van der Waals surface area (Å²) >= 11 is 0. The molecule has 0 aliphatic carbocycles. The number of carbonyl (C=O) groups is 1. The van der Waals surface area contributed by atoms with Crippen LogP contribution in [0, 0.1) is 10.1 Å². The number of hydrogen-bond acceptors (Lipinski definition) is 5. The maximum atomic E-state index is 10.7. The molecule has 1 rings (SSSR count). The molecule has 1 atom stereocenters. The van der Waals surface area contributed by atoms with Crippen LogP contribution in [0.2, 0.25) is 0 Å². The predicted octanol–water partition coefficient (Wildman–Crippen LogP) is 0.679. The Morgan fingerprint density at radius 1 is 1.53 bits per heavy atom. The molecule has 7 nitrogen and oxygen atoms in total. The lowest BCUT2D eigenvalue weighted by Gasteiger charge is -2.13. The Morgan fingerprint density at radius 3 is 2.71 bits per heavy atom. The van der Waals surface area contributed by atoms with Crippen molar-refractivity contribution in [3.8, 4) is 0 Å². The zero-order valence-electron chi connectivity index (χ0n) is 9.21. The summed E-state index contributed by atoms with van der Waals surface area (Å²) in [4.78, 5) is 20.9. The van der Waals surface area contributed by atoms with E-state index < -0.39 is 16.9 Å². The fourth-order valence-electron chi connectivity index (χ4n) is 1.31. The molecule has 0 radical (unpaired) electrons. The van der Waals surface area contributed by atoms with Crippen LogP contribution in [0.1, 0.15) is 0 Å². The number of para-hydroxylation sites is 2. The number of benzene rings is 1. The van der Waals surface area contributed by atoms with E-state index in [9.17, 15) is 14.9 Å². The largest absolute Gasteiger partial charge is 0.480 e. The van der Waals surface area contributed by atoms with Gasteiger partial charge in [0.2, 0.25) is 0 Å². The Balaban J connectivity index is 2.75. The third-order valence-corrected chi connectivity index (χ3v) is 2.24. The van der Waals surface area contributed by atoms with Crippen LogP contribution in [0.3, 0.4) is 0 Å². The van der Waals surface area contributed by atoms with E-state index in [1.54, 1.807) is 12.1 Å². The van der Waals surface area contributed by atoms with Crippen LogP contribution >= 0.6 is 0 Å². The number of nitrogens with zero attached hydrogens (tertiary/aromatic N) is 1. The third kappa shape index (κ3) is 3.42. The number of carboxylic acid groups (broad SMARTS) is 1. The molecular weight excluding hydrogens is 226 g/mol. The van der Waals surface area contributed by atoms with Crippen molar-refractivity contribution in [3.05, 3.63) is 34.4 Å². The Labute approximate surface area is 97.6 Å². The lowest BCUT2D eigenvalue weighted by Crippen LogP contribution is -2.39. The fourth-order valence-corrected chi connectivity index (χ4v) is 1.31. The van der Waals surface area contributed by atoms with Crippen molar-refractivity contribution in [1.82, 2.24) is 5.32 Å². The van der Waals surface area contributed by atoms with Crippen molar-refractivity contribution >= 4 is 17.3 Å². The average Bonchev–Trinajstić information content (AvgIpc) is 2.29. The zero-order chi connectivity index (χ0) is 12.8. The summed E-state index contributed by atoms with van der Waals surface area (Å²) in [5.74, 6) is -1.02. The van der Waals surface area contributed by atoms with Crippen LogP contribution < -0.4 is 10.6 Å². The van der Waals surface area contributed by atoms with Crippen LogP contribution in [0.4, 0.5) is 11.4 Å². The van der Waals surface area contributed by atoms with Crippen LogP contribution in [-0.4, -0.2) is 35.6 Å². The van der Waals surface area contributed by atoms with Gasteiger partial charge in [0.1, 0.15) is 11.7 Å². The number of aliphatic carboxylic acids is 1. The normalized spacial score (nSPS) is 11.8. The molecule has 92 valence electrons. The van der Waals surface area contributed by atoms with E-state index in [2.05, 4.69) is 10.6 Å².